The highest BCUT2D eigenvalue weighted by atomic mass is 16.1. The fraction of sp³-hybridized carbons (Fsp3) is 0.250. The van der Waals surface area contributed by atoms with Crippen LogP contribution in [0.2, 0.25) is 0 Å². The number of aromatic nitrogens is 1. The van der Waals surface area contributed by atoms with Crippen LogP contribution in [0.5, 0.6) is 0 Å². The molecule has 0 aromatic carbocycles. The predicted octanol–water partition coefficient (Wildman–Crippen LogP) is 4.48. The van der Waals surface area contributed by atoms with Gasteiger partial charge in [-0.15, -0.1) is 0 Å². The van der Waals surface area contributed by atoms with E-state index >= 15 is 0 Å². The molecular weight excluding hydrogens is 286 g/mol. The van der Waals surface area contributed by atoms with Gasteiger partial charge in [0.05, 0.1) is 5.57 Å². The molecule has 0 saturated heterocycles. The average molecular weight is 309 g/mol. The van der Waals surface area contributed by atoms with Gasteiger partial charge in [0.15, 0.2) is 12.1 Å². The lowest BCUT2D eigenvalue weighted by atomic mass is 9.95. The molecule has 0 fully saturated rings. The first-order chi connectivity index (χ1) is 11.1. The highest BCUT2D eigenvalue weighted by Gasteiger charge is 2.13. The van der Waals surface area contributed by atoms with E-state index in [1.54, 1.807) is 18.5 Å². The smallest absolute Gasteiger partial charge is 0.169 e. The molecule has 2 rings (SSSR count). The Bertz CT molecular complexity index is 649. The van der Waals surface area contributed by atoms with Crippen LogP contribution < -0.4 is 0 Å². The van der Waals surface area contributed by atoms with Gasteiger partial charge in [0, 0.05) is 18.8 Å². The van der Waals surface area contributed by atoms with Crippen molar-refractivity contribution in [2.45, 2.75) is 33.6 Å². The Balaban J connectivity index is 0.000000284. The molecular formula is C20H23NO2. The van der Waals surface area contributed by atoms with Crippen LogP contribution in [0.4, 0.5) is 0 Å². The van der Waals surface area contributed by atoms with E-state index in [-0.39, 0.29) is 11.4 Å². The number of carbonyl (C=O) groups is 2. The Kier molecular flexibility index (Phi) is 8.22. The molecule has 0 atom stereocenters. The van der Waals surface area contributed by atoms with Crippen molar-refractivity contribution in [3.63, 3.8) is 0 Å². The number of pyridine rings is 1. The predicted molar refractivity (Wildman–Crippen MR) is 94.8 cm³/mol. The minimum Gasteiger partial charge on any atom is -0.298 e. The van der Waals surface area contributed by atoms with Gasteiger partial charge in [-0.3, -0.25) is 14.6 Å². The summed E-state index contributed by atoms with van der Waals surface area (Å²) in [5, 5.41) is 0. The summed E-state index contributed by atoms with van der Waals surface area (Å²) in [5.74, 6) is -0.122. The van der Waals surface area contributed by atoms with Crippen LogP contribution in [-0.2, 0) is 9.59 Å². The van der Waals surface area contributed by atoms with Gasteiger partial charge in [-0.1, -0.05) is 36.8 Å². The van der Waals surface area contributed by atoms with Crippen LogP contribution in [0.1, 0.15) is 39.2 Å². The van der Waals surface area contributed by atoms with E-state index < -0.39 is 0 Å². The fourth-order valence-electron chi connectivity index (χ4n) is 1.85. The molecule has 0 radical (unpaired) electrons. The lowest BCUT2D eigenvalue weighted by molar-refractivity contribution is -0.117. The van der Waals surface area contributed by atoms with Crippen molar-refractivity contribution >= 4 is 17.6 Å². The average Bonchev–Trinajstić information content (AvgIpc) is 2.61. The molecule has 1 heterocycles. The molecule has 1 aliphatic carbocycles. The molecule has 0 bridgehead atoms. The molecule has 0 spiro atoms. The zero-order chi connectivity index (χ0) is 17.1. The molecule has 0 saturated carbocycles. The SMILES string of the molecule is C/C=C\C=C(/C)CC.O=CC1=CC(c2ccncc2)=CCC1=O. The normalized spacial score (nSPS) is 14.7. The monoisotopic (exact) mass is 309 g/mol. The van der Waals surface area contributed by atoms with Crippen molar-refractivity contribution in [3.05, 3.63) is 71.6 Å². The van der Waals surface area contributed by atoms with Crippen LogP contribution in [0, 0.1) is 0 Å². The van der Waals surface area contributed by atoms with Crippen molar-refractivity contribution in [2.24, 2.45) is 0 Å². The van der Waals surface area contributed by atoms with Gasteiger partial charge in [-0.25, -0.2) is 0 Å². The molecule has 0 unspecified atom stereocenters. The van der Waals surface area contributed by atoms with E-state index in [1.165, 1.54) is 5.57 Å². The minimum atomic E-state index is -0.122. The third-order valence-electron chi connectivity index (χ3n) is 3.41. The second-order valence-electron chi connectivity index (χ2n) is 5.13. The number of ketones is 1. The van der Waals surface area contributed by atoms with Gasteiger partial charge in [-0.2, -0.15) is 0 Å². The third-order valence-corrected chi connectivity index (χ3v) is 3.41. The van der Waals surface area contributed by atoms with Crippen molar-refractivity contribution in [1.29, 1.82) is 0 Å². The number of carbonyl (C=O) groups excluding carboxylic acids is 2. The maximum absolute atomic E-state index is 11.2. The Hall–Kier alpha value is -2.55. The molecule has 120 valence electrons. The number of nitrogens with zero attached hydrogens (tertiary/aromatic N) is 1. The Morgan fingerprint density at radius 2 is 2.00 bits per heavy atom. The number of hydrogen-bond acceptors (Lipinski definition) is 3. The summed E-state index contributed by atoms with van der Waals surface area (Å²) < 4.78 is 0. The van der Waals surface area contributed by atoms with E-state index in [1.807, 2.05) is 31.2 Å². The summed E-state index contributed by atoms with van der Waals surface area (Å²) in [6.07, 6.45) is 15.1. The van der Waals surface area contributed by atoms with Crippen molar-refractivity contribution in [1.82, 2.24) is 4.98 Å². The third kappa shape index (κ3) is 6.39. The minimum absolute atomic E-state index is 0.122. The van der Waals surface area contributed by atoms with E-state index in [4.69, 9.17) is 0 Å². The van der Waals surface area contributed by atoms with Crippen LogP contribution in [0.25, 0.3) is 5.57 Å². The Morgan fingerprint density at radius 3 is 2.57 bits per heavy atom. The standard InChI is InChI=1S/C12H9NO2.C8H14/c14-8-11-7-10(1-2-12(11)15)9-3-5-13-6-4-9;1-4-6-7-8(3)5-2/h1,3-8H,2H2;4,6-7H,5H2,1-3H3/b;6-4-,8-7+. The van der Waals surface area contributed by atoms with Crippen molar-refractivity contribution < 1.29 is 9.59 Å². The zero-order valence-corrected chi connectivity index (χ0v) is 14.0. The lowest BCUT2D eigenvalue weighted by Gasteiger charge is -2.08. The molecule has 1 aliphatic rings. The molecule has 1 aromatic rings. The molecule has 0 amide bonds. The second-order valence-corrected chi connectivity index (χ2v) is 5.13. The zero-order valence-electron chi connectivity index (χ0n) is 14.0. The number of allylic oxidation sites excluding steroid dienone is 8. The largest absolute Gasteiger partial charge is 0.298 e. The second kappa shape index (κ2) is 10.2. The van der Waals surface area contributed by atoms with Crippen molar-refractivity contribution in [2.75, 3.05) is 0 Å². The molecule has 3 nitrogen and oxygen atoms in total. The van der Waals surface area contributed by atoms with Crippen LogP contribution in [0.15, 0.2) is 66.1 Å². The molecule has 1 aromatic heterocycles. The maximum Gasteiger partial charge on any atom is 0.169 e. The summed E-state index contributed by atoms with van der Waals surface area (Å²) in [6.45, 7) is 6.33. The van der Waals surface area contributed by atoms with Crippen LogP contribution in [-0.4, -0.2) is 17.1 Å². The van der Waals surface area contributed by atoms with Crippen molar-refractivity contribution in [3.8, 4) is 0 Å². The molecule has 0 N–H and O–H groups in total. The Morgan fingerprint density at radius 1 is 1.30 bits per heavy atom. The number of aldehydes is 1. The van der Waals surface area contributed by atoms with Gasteiger partial charge in [-0.05, 0) is 49.6 Å². The number of hydrogen-bond donors (Lipinski definition) is 0. The summed E-state index contributed by atoms with van der Waals surface area (Å²) in [4.78, 5) is 25.8. The topological polar surface area (TPSA) is 47.0 Å². The number of rotatable bonds is 4. The van der Waals surface area contributed by atoms with Gasteiger partial charge < -0.3 is 0 Å². The van der Waals surface area contributed by atoms with Gasteiger partial charge in [0.1, 0.15) is 0 Å². The highest BCUT2D eigenvalue weighted by Crippen LogP contribution is 2.21. The summed E-state index contributed by atoms with van der Waals surface area (Å²) in [7, 11) is 0. The van der Waals surface area contributed by atoms with Gasteiger partial charge in [0.2, 0.25) is 0 Å². The summed E-state index contributed by atoms with van der Waals surface area (Å²) in [6, 6.07) is 3.70. The van der Waals surface area contributed by atoms with E-state index in [0.717, 1.165) is 17.6 Å². The lowest BCUT2D eigenvalue weighted by Crippen LogP contribution is -2.06. The summed E-state index contributed by atoms with van der Waals surface area (Å²) in [5.41, 5.74) is 3.54. The van der Waals surface area contributed by atoms with E-state index in [2.05, 4.69) is 31.0 Å². The molecule has 3 heteroatoms. The molecule has 0 aliphatic heterocycles. The quantitative estimate of drug-likeness (QED) is 0.468. The first-order valence-electron chi connectivity index (χ1n) is 7.71. The first kappa shape index (κ1) is 18.5. The number of Topliss-reactive ketones (excluding diaryl/α,β-unsaturated/α-hetero) is 1. The maximum atomic E-state index is 11.2. The van der Waals surface area contributed by atoms with Gasteiger partial charge in [0.25, 0.3) is 0 Å². The van der Waals surface area contributed by atoms with Gasteiger partial charge >= 0.3 is 0 Å². The van der Waals surface area contributed by atoms with Crippen LogP contribution >= 0.6 is 0 Å². The van der Waals surface area contributed by atoms with Crippen LogP contribution in [0.3, 0.4) is 0 Å². The first-order valence-corrected chi connectivity index (χ1v) is 7.71. The highest BCUT2D eigenvalue weighted by molar-refractivity contribution is 6.15. The fourth-order valence-corrected chi connectivity index (χ4v) is 1.85. The van der Waals surface area contributed by atoms with E-state index in [0.29, 0.717) is 12.7 Å². The van der Waals surface area contributed by atoms with E-state index in [9.17, 15) is 9.59 Å². The summed E-state index contributed by atoms with van der Waals surface area (Å²) >= 11 is 0. The molecule has 23 heavy (non-hydrogen) atoms. The Labute approximate surface area is 138 Å².